The first-order valence-electron chi connectivity index (χ1n) is 5.73. The van der Waals surface area contributed by atoms with E-state index in [0.717, 1.165) is 13.0 Å². The molecule has 0 radical (unpaired) electrons. The fraction of sp³-hybridized carbons (Fsp3) is 0.231. The summed E-state index contributed by atoms with van der Waals surface area (Å²) in [6.45, 7) is 2.92. The van der Waals surface area contributed by atoms with Gasteiger partial charge in [-0.2, -0.15) is 0 Å². The Balaban J connectivity index is 2.50. The molecule has 5 heteroatoms. The highest BCUT2D eigenvalue weighted by Crippen LogP contribution is 2.36. The molecule has 2 aromatic rings. The molecule has 1 N–H and O–H groups in total. The summed E-state index contributed by atoms with van der Waals surface area (Å²) in [6.07, 6.45) is 4.28. The van der Waals surface area contributed by atoms with E-state index in [1.165, 1.54) is 0 Å². The minimum Gasteiger partial charge on any atom is -0.368 e. The van der Waals surface area contributed by atoms with Crippen molar-refractivity contribution in [3.63, 3.8) is 0 Å². The summed E-state index contributed by atoms with van der Waals surface area (Å²) < 4.78 is 0. The Kier molecular flexibility index (Phi) is 4.39. The smallest absolute Gasteiger partial charge is 0.152 e. The van der Waals surface area contributed by atoms with E-state index in [1.807, 2.05) is 6.07 Å². The SMILES string of the molecule is CCCNc1nccnc1-c1c(Cl)cccc1Cl. The van der Waals surface area contributed by atoms with Gasteiger partial charge in [0.1, 0.15) is 5.69 Å². The lowest BCUT2D eigenvalue weighted by Gasteiger charge is -2.11. The number of hydrogen-bond acceptors (Lipinski definition) is 3. The van der Waals surface area contributed by atoms with Crippen LogP contribution in [0.3, 0.4) is 0 Å². The molecule has 0 aliphatic rings. The molecule has 3 nitrogen and oxygen atoms in total. The van der Waals surface area contributed by atoms with Crippen LogP contribution in [0, 0.1) is 0 Å². The van der Waals surface area contributed by atoms with Gasteiger partial charge in [0.25, 0.3) is 0 Å². The van der Waals surface area contributed by atoms with Gasteiger partial charge in [-0.3, -0.25) is 4.98 Å². The van der Waals surface area contributed by atoms with Crippen LogP contribution in [-0.2, 0) is 0 Å². The summed E-state index contributed by atoms with van der Waals surface area (Å²) in [7, 11) is 0. The van der Waals surface area contributed by atoms with Crippen molar-refractivity contribution in [3.8, 4) is 11.3 Å². The summed E-state index contributed by atoms with van der Waals surface area (Å²) in [5.41, 5.74) is 1.40. The van der Waals surface area contributed by atoms with Crippen LogP contribution in [0.25, 0.3) is 11.3 Å². The van der Waals surface area contributed by atoms with Crippen LogP contribution in [-0.4, -0.2) is 16.5 Å². The minimum atomic E-state index is 0.572. The quantitative estimate of drug-likeness (QED) is 0.909. The zero-order valence-corrected chi connectivity index (χ0v) is 11.5. The molecule has 0 spiro atoms. The van der Waals surface area contributed by atoms with Gasteiger partial charge in [-0.1, -0.05) is 36.2 Å². The Labute approximate surface area is 116 Å². The van der Waals surface area contributed by atoms with Crippen LogP contribution in [0.1, 0.15) is 13.3 Å². The number of aromatic nitrogens is 2. The third-order valence-corrected chi connectivity index (χ3v) is 3.07. The van der Waals surface area contributed by atoms with E-state index in [4.69, 9.17) is 23.2 Å². The molecule has 94 valence electrons. The predicted molar refractivity (Wildman–Crippen MR) is 76.3 cm³/mol. The largest absolute Gasteiger partial charge is 0.368 e. The van der Waals surface area contributed by atoms with E-state index in [1.54, 1.807) is 24.5 Å². The zero-order valence-electron chi connectivity index (χ0n) is 9.95. The molecule has 1 aromatic carbocycles. The maximum absolute atomic E-state index is 6.19. The summed E-state index contributed by atoms with van der Waals surface area (Å²) >= 11 is 12.4. The first-order valence-corrected chi connectivity index (χ1v) is 6.49. The highest BCUT2D eigenvalue weighted by atomic mass is 35.5. The summed E-state index contributed by atoms with van der Waals surface area (Å²) in [5.74, 6) is 0.703. The van der Waals surface area contributed by atoms with Crippen LogP contribution < -0.4 is 5.32 Å². The van der Waals surface area contributed by atoms with Crippen molar-refractivity contribution in [2.75, 3.05) is 11.9 Å². The lowest BCUT2D eigenvalue weighted by molar-refractivity contribution is 0.966. The molecule has 2 rings (SSSR count). The standard InChI is InChI=1S/C13H13Cl2N3/c1-2-6-17-13-12(16-7-8-18-13)11-9(14)4-3-5-10(11)15/h3-5,7-8H,2,6H2,1H3,(H,17,18). The monoisotopic (exact) mass is 281 g/mol. The molecule has 1 heterocycles. The van der Waals surface area contributed by atoms with Crippen molar-refractivity contribution < 1.29 is 0 Å². The first kappa shape index (κ1) is 13.1. The van der Waals surface area contributed by atoms with Crippen LogP contribution in [0.15, 0.2) is 30.6 Å². The molecular weight excluding hydrogens is 269 g/mol. The zero-order chi connectivity index (χ0) is 13.0. The number of anilines is 1. The molecule has 1 aromatic heterocycles. The first-order chi connectivity index (χ1) is 8.74. The Bertz CT molecular complexity index is 523. The molecule has 0 saturated carbocycles. The Morgan fingerprint density at radius 2 is 1.78 bits per heavy atom. The maximum Gasteiger partial charge on any atom is 0.152 e. The molecule has 0 unspecified atom stereocenters. The highest BCUT2D eigenvalue weighted by molar-refractivity contribution is 6.39. The van der Waals surface area contributed by atoms with Crippen LogP contribution in [0.4, 0.5) is 5.82 Å². The molecule has 0 atom stereocenters. The number of halogens is 2. The van der Waals surface area contributed by atoms with E-state index >= 15 is 0 Å². The second-order valence-corrected chi connectivity index (χ2v) is 4.59. The fourth-order valence-electron chi connectivity index (χ4n) is 1.62. The van der Waals surface area contributed by atoms with Gasteiger partial charge in [-0.05, 0) is 18.6 Å². The Hall–Kier alpha value is -1.32. The van der Waals surface area contributed by atoms with E-state index in [2.05, 4.69) is 22.2 Å². The molecule has 0 aliphatic carbocycles. The number of rotatable bonds is 4. The topological polar surface area (TPSA) is 37.8 Å². The number of nitrogens with zero attached hydrogens (tertiary/aromatic N) is 2. The normalized spacial score (nSPS) is 10.4. The average molecular weight is 282 g/mol. The molecule has 0 saturated heterocycles. The van der Waals surface area contributed by atoms with Crippen molar-refractivity contribution in [1.29, 1.82) is 0 Å². The summed E-state index contributed by atoms with van der Waals surface area (Å²) in [4.78, 5) is 8.61. The maximum atomic E-state index is 6.19. The van der Waals surface area contributed by atoms with Gasteiger partial charge in [0.05, 0.1) is 10.0 Å². The summed E-state index contributed by atoms with van der Waals surface area (Å²) in [6, 6.07) is 5.39. The Morgan fingerprint density at radius 3 is 2.44 bits per heavy atom. The molecule has 0 bridgehead atoms. The second kappa shape index (κ2) is 6.03. The number of nitrogens with one attached hydrogen (secondary N) is 1. The van der Waals surface area contributed by atoms with Crippen LogP contribution in [0.2, 0.25) is 10.0 Å². The van der Waals surface area contributed by atoms with E-state index < -0.39 is 0 Å². The van der Waals surface area contributed by atoms with Gasteiger partial charge in [0.15, 0.2) is 5.82 Å². The van der Waals surface area contributed by atoms with Gasteiger partial charge in [-0.25, -0.2) is 4.98 Å². The minimum absolute atomic E-state index is 0.572. The lowest BCUT2D eigenvalue weighted by Crippen LogP contribution is -2.04. The van der Waals surface area contributed by atoms with Gasteiger partial charge in [0, 0.05) is 24.5 Å². The second-order valence-electron chi connectivity index (χ2n) is 3.78. The van der Waals surface area contributed by atoms with E-state index in [-0.39, 0.29) is 0 Å². The average Bonchev–Trinajstić information content (AvgIpc) is 2.37. The van der Waals surface area contributed by atoms with Gasteiger partial charge >= 0.3 is 0 Å². The third-order valence-electron chi connectivity index (χ3n) is 2.44. The van der Waals surface area contributed by atoms with Crippen molar-refractivity contribution in [1.82, 2.24) is 9.97 Å². The van der Waals surface area contributed by atoms with Crippen molar-refractivity contribution in [2.24, 2.45) is 0 Å². The van der Waals surface area contributed by atoms with Crippen molar-refractivity contribution in [2.45, 2.75) is 13.3 Å². The van der Waals surface area contributed by atoms with Crippen LogP contribution in [0.5, 0.6) is 0 Å². The highest BCUT2D eigenvalue weighted by Gasteiger charge is 2.14. The van der Waals surface area contributed by atoms with Gasteiger partial charge in [0.2, 0.25) is 0 Å². The van der Waals surface area contributed by atoms with E-state index in [9.17, 15) is 0 Å². The van der Waals surface area contributed by atoms with Crippen molar-refractivity contribution in [3.05, 3.63) is 40.6 Å². The fourth-order valence-corrected chi connectivity index (χ4v) is 2.19. The van der Waals surface area contributed by atoms with Gasteiger partial charge < -0.3 is 5.32 Å². The lowest BCUT2D eigenvalue weighted by atomic mass is 10.1. The molecule has 18 heavy (non-hydrogen) atoms. The molecule has 0 aliphatic heterocycles. The third kappa shape index (κ3) is 2.74. The Morgan fingerprint density at radius 1 is 1.11 bits per heavy atom. The molecular formula is C13H13Cl2N3. The molecule has 0 fully saturated rings. The van der Waals surface area contributed by atoms with Crippen molar-refractivity contribution >= 4 is 29.0 Å². The summed E-state index contributed by atoms with van der Waals surface area (Å²) in [5, 5.41) is 4.37. The number of hydrogen-bond donors (Lipinski definition) is 1. The molecule has 0 amide bonds. The van der Waals surface area contributed by atoms with E-state index in [0.29, 0.717) is 27.1 Å². The van der Waals surface area contributed by atoms with Gasteiger partial charge in [-0.15, -0.1) is 0 Å². The number of benzene rings is 1. The van der Waals surface area contributed by atoms with Crippen LogP contribution >= 0.6 is 23.2 Å². The predicted octanol–water partition coefficient (Wildman–Crippen LogP) is 4.27.